The van der Waals surface area contributed by atoms with Crippen LogP contribution in [0.4, 0.5) is 0 Å². The van der Waals surface area contributed by atoms with Gasteiger partial charge in [-0.25, -0.2) is 0 Å². The molecule has 116 valence electrons. The van der Waals surface area contributed by atoms with Crippen molar-refractivity contribution in [1.29, 1.82) is 0 Å². The number of rotatable bonds is 5. The van der Waals surface area contributed by atoms with E-state index < -0.39 is 0 Å². The number of nitrogens with one attached hydrogen (secondary N) is 1. The smallest absolute Gasteiger partial charge is 0.287 e. The number of carbonyl (C=O) groups is 1. The Bertz CT molecular complexity index is 651. The number of hydrogen-bond acceptors (Lipinski definition) is 5. The third kappa shape index (κ3) is 3.23. The molecule has 1 aliphatic rings. The van der Waals surface area contributed by atoms with E-state index in [9.17, 15) is 4.79 Å². The predicted octanol–water partition coefficient (Wildman–Crippen LogP) is 2.00. The molecule has 0 radical (unpaired) electrons. The molecule has 1 N–H and O–H groups in total. The summed E-state index contributed by atoms with van der Waals surface area (Å²) in [5.41, 5.74) is 0. The first-order valence-electron chi connectivity index (χ1n) is 7.00. The molecular weight excluding hydrogens is 286 g/mol. The quantitative estimate of drug-likeness (QED) is 0.915. The highest BCUT2D eigenvalue weighted by Crippen LogP contribution is 2.30. The Balaban J connectivity index is 1.53. The van der Waals surface area contributed by atoms with Gasteiger partial charge >= 0.3 is 0 Å². The molecule has 1 unspecified atom stereocenters. The minimum Gasteiger partial charge on any atom is -0.486 e. The van der Waals surface area contributed by atoms with Crippen LogP contribution in [0.3, 0.4) is 0 Å². The summed E-state index contributed by atoms with van der Waals surface area (Å²) < 4.78 is 21.7. The van der Waals surface area contributed by atoms with Crippen molar-refractivity contribution in [2.24, 2.45) is 0 Å². The number of amides is 1. The lowest BCUT2D eigenvalue weighted by molar-refractivity contribution is 0.0769. The highest BCUT2D eigenvalue weighted by molar-refractivity contribution is 5.91. The summed E-state index contributed by atoms with van der Waals surface area (Å²) >= 11 is 0. The monoisotopic (exact) mass is 303 g/mol. The van der Waals surface area contributed by atoms with E-state index in [1.807, 2.05) is 24.3 Å². The lowest BCUT2D eigenvalue weighted by Gasteiger charge is -2.26. The average Bonchev–Trinajstić information content (AvgIpc) is 3.01. The van der Waals surface area contributed by atoms with Gasteiger partial charge in [-0.3, -0.25) is 4.79 Å². The van der Waals surface area contributed by atoms with Crippen LogP contribution in [0.1, 0.15) is 16.3 Å². The zero-order chi connectivity index (χ0) is 15.4. The van der Waals surface area contributed by atoms with Crippen LogP contribution in [-0.4, -0.2) is 32.3 Å². The topological polar surface area (TPSA) is 69.9 Å². The standard InChI is InChI=1S/C16H17NO5/c1-19-9-11-6-7-15(21-11)16(18)17-8-12-10-20-13-4-2-3-5-14(13)22-12/h2-7,12H,8-10H2,1H3,(H,17,18). The maximum atomic E-state index is 12.0. The van der Waals surface area contributed by atoms with Crippen LogP contribution in [0.2, 0.25) is 0 Å². The fourth-order valence-electron chi connectivity index (χ4n) is 2.18. The number of furan rings is 1. The lowest BCUT2D eigenvalue weighted by Crippen LogP contribution is -2.40. The van der Waals surface area contributed by atoms with Gasteiger partial charge in [-0.15, -0.1) is 0 Å². The summed E-state index contributed by atoms with van der Waals surface area (Å²) in [4.78, 5) is 12.0. The van der Waals surface area contributed by atoms with Gasteiger partial charge in [0.2, 0.25) is 0 Å². The number of hydrogen-bond donors (Lipinski definition) is 1. The molecule has 0 bridgehead atoms. The van der Waals surface area contributed by atoms with Crippen LogP contribution < -0.4 is 14.8 Å². The average molecular weight is 303 g/mol. The van der Waals surface area contributed by atoms with Crippen molar-refractivity contribution < 1.29 is 23.4 Å². The summed E-state index contributed by atoms with van der Waals surface area (Å²) in [7, 11) is 1.57. The highest BCUT2D eigenvalue weighted by atomic mass is 16.6. The number of benzene rings is 1. The number of fused-ring (bicyclic) bond motifs is 1. The van der Waals surface area contributed by atoms with E-state index in [0.717, 1.165) is 5.75 Å². The van der Waals surface area contributed by atoms with E-state index >= 15 is 0 Å². The van der Waals surface area contributed by atoms with Gasteiger partial charge in [0.05, 0.1) is 6.54 Å². The normalized spacial score (nSPS) is 16.3. The number of ether oxygens (including phenoxy) is 3. The zero-order valence-electron chi connectivity index (χ0n) is 12.2. The van der Waals surface area contributed by atoms with Crippen molar-refractivity contribution in [2.75, 3.05) is 20.3 Å². The second-order valence-corrected chi connectivity index (χ2v) is 4.91. The molecule has 1 atom stereocenters. The van der Waals surface area contributed by atoms with E-state index in [2.05, 4.69) is 5.32 Å². The molecule has 0 saturated carbocycles. The van der Waals surface area contributed by atoms with Crippen LogP contribution in [0.25, 0.3) is 0 Å². The fraction of sp³-hybridized carbons (Fsp3) is 0.312. The van der Waals surface area contributed by atoms with E-state index in [0.29, 0.717) is 31.3 Å². The first-order valence-corrected chi connectivity index (χ1v) is 7.00. The van der Waals surface area contributed by atoms with E-state index in [-0.39, 0.29) is 17.8 Å². The van der Waals surface area contributed by atoms with E-state index in [1.165, 1.54) is 0 Å². The Labute approximate surface area is 128 Å². The van der Waals surface area contributed by atoms with Crippen molar-refractivity contribution >= 4 is 5.91 Å². The van der Waals surface area contributed by atoms with Gasteiger partial charge in [-0.2, -0.15) is 0 Å². The summed E-state index contributed by atoms with van der Waals surface area (Å²) in [6.07, 6.45) is -0.229. The Morgan fingerprint density at radius 3 is 2.91 bits per heavy atom. The molecule has 2 aromatic rings. The molecule has 0 spiro atoms. The minimum atomic E-state index is -0.287. The molecule has 1 aliphatic heterocycles. The largest absolute Gasteiger partial charge is 0.486 e. The summed E-state index contributed by atoms with van der Waals surface area (Å²) in [5.74, 6) is 1.99. The van der Waals surface area contributed by atoms with Crippen LogP contribution in [0.15, 0.2) is 40.8 Å². The van der Waals surface area contributed by atoms with E-state index in [1.54, 1.807) is 19.2 Å². The maximum absolute atomic E-state index is 12.0. The van der Waals surface area contributed by atoms with Gasteiger partial charge in [0.25, 0.3) is 5.91 Å². The number of methoxy groups -OCH3 is 1. The van der Waals surface area contributed by atoms with Crippen molar-refractivity contribution in [1.82, 2.24) is 5.32 Å². The Hall–Kier alpha value is -2.47. The lowest BCUT2D eigenvalue weighted by atomic mass is 10.2. The van der Waals surface area contributed by atoms with Gasteiger partial charge in [-0.1, -0.05) is 12.1 Å². The SMILES string of the molecule is COCc1ccc(C(=O)NCC2COc3ccccc3O2)o1. The molecule has 6 heteroatoms. The summed E-state index contributed by atoms with van der Waals surface area (Å²) in [6, 6.07) is 10.8. The summed E-state index contributed by atoms with van der Waals surface area (Å²) in [6.45, 7) is 1.07. The first kappa shape index (κ1) is 14.5. The molecular formula is C16H17NO5. The fourth-order valence-corrected chi connectivity index (χ4v) is 2.18. The molecule has 0 fully saturated rings. The van der Waals surface area contributed by atoms with Crippen LogP contribution in [0.5, 0.6) is 11.5 Å². The maximum Gasteiger partial charge on any atom is 0.287 e. The summed E-state index contributed by atoms with van der Waals surface area (Å²) in [5, 5.41) is 2.78. The molecule has 0 saturated heterocycles. The molecule has 6 nitrogen and oxygen atoms in total. The Morgan fingerprint density at radius 2 is 2.09 bits per heavy atom. The minimum absolute atomic E-state index is 0.229. The third-order valence-electron chi connectivity index (χ3n) is 3.23. The third-order valence-corrected chi connectivity index (χ3v) is 3.23. The van der Waals surface area contributed by atoms with Gasteiger partial charge in [-0.05, 0) is 24.3 Å². The van der Waals surface area contributed by atoms with Crippen molar-refractivity contribution in [3.8, 4) is 11.5 Å². The molecule has 1 aromatic heterocycles. The molecule has 1 aromatic carbocycles. The zero-order valence-corrected chi connectivity index (χ0v) is 12.2. The van der Waals surface area contributed by atoms with Gasteiger partial charge in [0.1, 0.15) is 25.1 Å². The first-order chi connectivity index (χ1) is 10.8. The van der Waals surface area contributed by atoms with Crippen molar-refractivity contribution in [2.45, 2.75) is 12.7 Å². The molecule has 1 amide bonds. The molecule has 22 heavy (non-hydrogen) atoms. The van der Waals surface area contributed by atoms with E-state index in [4.69, 9.17) is 18.6 Å². The highest BCUT2D eigenvalue weighted by Gasteiger charge is 2.21. The van der Waals surface area contributed by atoms with Crippen LogP contribution in [-0.2, 0) is 11.3 Å². The van der Waals surface area contributed by atoms with Crippen molar-refractivity contribution in [3.63, 3.8) is 0 Å². The molecule has 2 heterocycles. The molecule has 3 rings (SSSR count). The van der Waals surface area contributed by atoms with Crippen LogP contribution in [0, 0.1) is 0 Å². The Morgan fingerprint density at radius 1 is 1.27 bits per heavy atom. The number of para-hydroxylation sites is 2. The van der Waals surface area contributed by atoms with Gasteiger partial charge < -0.3 is 23.9 Å². The van der Waals surface area contributed by atoms with Crippen molar-refractivity contribution in [3.05, 3.63) is 47.9 Å². The van der Waals surface area contributed by atoms with Crippen LogP contribution >= 0.6 is 0 Å². The molecule has 0 aliphatic carbocycles. The second kappa shape index (κ2) is 6.53. The Kier molecular flexibility index (Phi) is 4.29. The predicted molar refractivity (Wildman–Crippen MR) is 78.1 cm³/mol. The second-order valence-electron chi connectivity index (χ2n) is 4.91. The van der Waals surface area contributed by atoms with Gasteiger partial charge in [0, 0.05) is 7.11 Å². The van der Waals surface area contributed by atoms with Gasteiger partial charge in [0.15, 0.2) is 17.3 Å². The number of carbonyl (C=O) groups excluding carboxylic acids is 1.